The van der Waals surface area contributed by atoms with Gasteiger partial charge in [-0.25, -0.2) is 14.4 Å². The number of anilines is 1. The predicted molar refractivity (Wildman–Crippen MR) is 104 cm³/mol. The number of fused-ring (bicyclic) bond motifs is 1. The maximum Gasteiger partial charge on any atom is 0.415 e. The first-order valence-electron chi connectivity index (χ1n) is 9.16. The first-order chi connectivity index (χ1) is 12.7. The number of ether oxygens (including phenoxy) is 3. The van der Waals surface area contributed by atoms with E-state index in [9.17, 15) is 14.4 Å². The summed E-state index contributed by atoms with van der Waals surface area (Å²) in [5.74, 6) is -1.03. The number of rotatable bonds is 2. The lowest BCUT2D eigenvalue weighted by Crippen LogP contribution is -2.56. The maximum absolute atomic E-state index is 13.0. The van der Waals surface area contributed by atoms with Crippen molar-refractivity contribution in [3.8, 4) is 0 Å². The van der Waals surface area contributed by atoms with Gasteiger partial charge in [0, 0.05) is 6.42 Å². The molecule has 1 aliphatic rings. The Balaban J connectivity index is 2.53. The molecule has 0 saturated heterocycles. The van der Waals surface area contributed by atoms with Crippen molar-refractivity contribution in [2.24, 2.45) is 0 Å². The van der Waals surface area contributed by atoms with Crippen LogP contribution in [0.2, 0.25) is 0 Å². The molecule has 0 aliphatic carbocycles. The minimum atomic E-state index is -1.30. The number of hydrogen-bond acceptors (Lipinski definition) is 6. The topological polar surface area (TPSA) is 82.1 Å². The number of methoxy groups -OCH3 is 1. The van der Waals surface area contributed by atoms with E-state index < -0.39 is 34.8 Å². The Hall–Kier alpha value is -2.57. The van der Waals surface area contributed by atoms with Crippen LogP contribution in [0.5, 0.6) is 0 Å². The van der Waals surface area contributed by atoms with Gasteiger partial charge in [0.15, 0.2) is 0 Å². The molecule has 2 rings (SSSR count). The van der Waals surface area contributed by atoms with E-state index in [1.807, 2.05) is 0 Å². The summed E-state index contributed by atoms with van der Waals surface area (Å²) in [5, 5.41) is 0. The van der Waals surface area contributed by atoms with Crippen LogP contribution in [0.25, 0.3) is 0 Å². The normalized spacial score (nSPS) is 19.1. The summed E-state index contributed by atoms with van der Waals surface area (Å²) >= 11 is 0. The number of benzene rings is 1. The van der Waals surface area contributed by atoms with E-state index in [4.69, 9.17) is 14.2 Å². The molecule has 1 heterocycles. The highest BCUT2D eigenvalue weighted by atomic mass is 16.6. The maximum atomic E-state index is 13.0. The van der Waals surface area contributed by atoms with Gasteiger partial charge in [-0.1, -0.05) is 0 Å². The van der Waals surface area contributed by atoms with Crippen molar-refractivity contribution in [1.82, 2.24) is 0 Å². The summed E-state index contributed by atoms with van der Waals surface area (Å²) in [4.78, 5) is 39.2. The second kappa shape index (κ2) is 7.11. The summed E-state index contributed by atoms with van der Waals surface area (Å²) in [6.45, 7) is 12.2. The van der Waals surface area contributed by atoms with E-state index in [2.05, 4.69) is 0 Å². The molecule has 0 spiro atoms. The number of carbonyl (C=O) groups excluding carboxylic acids is 3. The van der Waals surface area contributed by atoms with Crippen LogP contribution in [0.4, 0.5) is 10.5 Å². The van der Waals surface area contributed by atoms with Gasteiger partial charge in [-0.05, 0) is 72.2 Å². The zero-order valence-electron chi connectivity index (χ0n) is 17.8. The number of amides is 1. The van der Waals surface area contributed by atoms with Crippen molar-refractivity contribution >= 4 is 23.7 Å². The Morgan fingerprint density at radius 2 is 1.57 bits per heavy atom. The molecule has 1 unspecified atom stereocenters. The molecule has 7 heteroatoms. The summed E-state index contributed by atoms with van der Waals surface area (Å²) < 4.78 is 15.9. The minimum absolute atomic E-state index is 0.196. The Morgan fingerprint density at radius 3 is 2.07 bits per heavy atom. The largest absolute Gasteiger partial charge is 0.465 e. The van der Waals surface area contributed by atoms with Crippen LogP contribution in [-0.2, 0) is 25.4 Å². The van der Waals surface area contributed by atoms with Crippen molar-refractivity contribution in [2.45, 2.75) is 71.6 Å². The first kappa shape index (κ1) is 21.7. The number of nitrogens with zero attached hydrogens (tertiary/aromatic N) is 1. The smallest absolute Gasteiger partial charge is 0.415 e. The summed E-state index contributed by atoms with van der Waals surface area (Å²) in [5.41, 5.74) is -1.23. The Morgan fingerprint density at radius 1 is 1.00 bits per heavy atom. The van der Waals surface area contributed by atoms with Crippen LogP contribution in [0, 0.1) is 0 Å². The molecule has 1 amide bonds. The highest BCUT2D eigenvalue weighted by molar-refractivity contribution is 6.03. The van der Waals surface area contributed by atoms with Gasteiger partial charge >= 0.3 is 18.0 Å². The lowest BCUT2D eigenvalue weighted by molar-refractivity contribution is -0.160. The fourth-order valence-electron chi connectivity index (χ4n) is 3.06. The molecule has 1 atom stereocenters. The third-order valence-corrected chi connectivity index (χ3v) is 4.18. The SMILES string of the molecule is COC(=O)c1ccc2c(c1)CC(C)(C(=O)OC(C)(C)C)N2C(=O)OC(C)(C)C. The standard InChI is InChI=1S/C21H29NO6/c1-19(2,3)27-17(24)21(7)12-14-11-13(16(23)26-8)9-10-15(14)22(21)18(25)28-20(4,5)6/h9-11H,12H2,1-8H3. The number of carbonyl (C=O) groups is 3. The molecular formula is C21H29NO6. The third kappa shape index (κ3) is 4.46. The molecule has 1 aliphatic heterocycles. The summed E-state index contributed by atoms with van der Waals surface area (Å²) in [7, 11) is 1.30. The van der Waals surface area contributed by atoms with Crippen LogP contribution in [0.15, 0.2) is 18.2 Å². The highest BCUT2D eigenvalue weighted by Crippen LogP contribution is 2.41. The van der Waals surface area contributed by atoms with Gasteiger partial charge in [0.1, 0.15) is 16.7 Å². The predicted octanol–water partition coefficient (Wildman–Crippen LogP) is 3.87. The molecule has 0 fully saturated rings. The zero-order valence-corrected chi connectivity index (χ0v) is 17.8. The van der Waals surface area contributed by atoms with Gasteiger partial charge in [-0.15, -0.1) is 0 Å². The van der Waals surface area contributed by atoms with E-state index >= 15 is 0 Å². The second-order valence-corrected chi connectivity index (χ2v) is 9.10. The van der Waals surface area contributed by atoms with E-state index in [0.717, 1.165) is 0 Å². The quantitative estimate of drug-likeness (QED) is 0.562. The Kier molecular flexibility index (Phi) is 5.52. The van der Waals surface area contributed by atoms with Gasteiger partial charge in [0.2, 0.25) is 0 Å². The average molecular weight is 391 g/mol. The molecule has 28 heavy (non-hydrogen) atoms. The fraction of sp³-hybridized carbons (Fsp3) is 0.571. The Labute approximate surface area is 165 Å². The molecule has 0 N–H and O–H groups in total. The van der Waals surface area contributed by atoms with Gasteiger partial charge < -0.3 is 14.2 Å². The second-order valence-electron chi connectivity index (χ2n) is 9.10. The van der Waals surface area contributed by atoms with Crippen molar-refractivity contribution in [1.29, 1.82) is 0 Å². The average Bonchev–Trinajstić information content (AvgIpc) is 2.83. The molecule has 0 radical (unpaired) electrons. The summed E-state index contributed by atoms with van der Waals surface area (Å²) in [6.07, 6.45) is -0.452. The van der Waals surface area contributed by atoms with Crippen LogP contribution in [0.3, 0.4) is 0 Å². The number of esters is 2. The van der Waals surface area contributed by atoms with Crippen LogP contribution < -0.4 is 4.90 Å². The monoisotopic (exact) mass is 391 g/mol. The van der Waals surface area contributed by atoms with Crippen molar-refractivity contribution in [3.05, 3.63) is 29.3 Å². The van der Waals surface area contributed by atoms with E-state index in [-0.39, 0.29) is 6.42 Å². The van der Waals surface area contributed by atoms with Gasteiger partial charge in [-0.3, -0.25) is 4.90 Å². The van der Waals surface area contributed by atoms with E-state index in [1.54, 1.807) is 66.7 Å². The fourth-order valence-corrected chi connectivity index (χ4v) is 3.06. The third-order valence-electron chi connectivity index (χ3n) is 4.18. The molecule has 1 aromatic rings. The molecule has 7 nitrogen and oxygen atoms in total. The van der Waals surface area contributed by atoms with Crippen molar-refractivity contribution in [3.63, 3.8) is 0 Å². The van der Waals surface area contributed by atoms with E-state index in [1.165, 1.54) is 12.0 Å². The minimum Gasteiger partial charge on any atom is -0.465 e. The van der Waals surface area contributed by atoms with Crippen LogP contribution >= 0.6 is 0 Å². The lowest BCUT2D eigenvalue weighted by atomic mass is 9.95. The highest BCUT2D eigenvalue weighted by Gasteiger charge is 2.52. The lowest BCUT2D eigenvalue weighted by Gasteiger charge is -2.36. The van der Waals surface area contributed by atoms with Gasteiger partial charge in [-0.2, -0.15) is 0 Å². The number of hydrogen-bond donors (Lipinski definition) is 0. The summed E-state index contributed by atoms with van der Waals surface area (Å²) in [6, 6.07) is 4.82. The molecule has 0 aromatic heterocycles. The molecule has 0 bridgehead atoms. The first-order valence-corrected chi connectivity index (χ1v) is 9.16. The Bertz CT molecular complexity index is 802. The van der Waals surface area contributed by atoms with Gasteiger partial charge in [0.05, 0.1) is 18.4 Å². The van der Waals surface area contributed by atoms with E-state index in [0.29, 0.717) is 16.8 Å². The van der Waals surface area contributed by atoms with Crippen LogP contribution in [0.1, 0.15) is 64.4 Å². The van der Waals surface area contributed by atoms with Crippen LogP contribution in [-0.4, -0.2) is 41.9 Å². The molecule has 1 aromatic carbocycles. The molecule has 0 saturated carbocycles. The zero-order chi connectivity index (χ0) is 21.5. The molecular weight excluding hydrogens is 362 g/mol. The van der Waals surface area contributed by atoms with Crippen molar-refractivity contribution < 1.29 is 28.6 Å². The van der Waals surface area contributed by atoms with Crippen molar-refractivity contribution in [2.75, 3.05) is 12.0 Å². The van der Waals surface area contributed by atoms with Gasteiger partial charge in [0.25, 0.3) is 0 Å². The molecule has 154 valence electrons.